The molecule has 12 nitrogen and oxygen atoms in total. The van der Waals surface area contributed by atoms with Gasteiger partial charge < -0.3 is 24.4 Å². The first kappa shape index (κ1) is 36.7. The molecular formula is C31H37F6N9O3Si. The molecule has 1 amide bonds. The van der Waals surface area contributed by atoms with Crippen LogP contribution in [0, 0.1) is 0 Å². The molecule has 0 spiro atoms. The summed E-state index contributed by atoms with van der Waals surface area (Å²) in [6.07, 6.45) is -4.01. The van der Waals surface area contributed by atoms with Crippen LogP contribution in [0.1, 0.15) is 28.4 Å². The average molecular weight is 726 g/mol. The number of hydrogen-bond acceptors (Lipinski definition) is 9. The first-order chi connectivity index (χ1) is 23.4. The van der Waals surface area contributed by atoms with Gasteiger partial charge in [-0.25, -0.2) is 14.6 Å². The van der Waals surface area contributed by atoms with Crippen LogP contribution in [-0.2, 0) is 30.4 Å². The number of ether oxygens (including phenoxy) is 1. The average Bonchev–Trinajstić information content (AvgIpc) is 3.40. The third kappa shape index (κ3) is 8.61. The molecule has 0 aromatic carbocycles. The maximum atomic E-state index is 14.1. The largest absolute Gasteiger partial charge is 0.423 e. The molecule has 1 N–H and O–H groups in total. The van der Waals surface area contributed by atoms with Crippen molar-refractivity contribution in [3.8, 4) is 0 Å². The molecule has 0 aliphatic carbocycles. The van der Waals surface area contributed by atoms with Crippen LogP contribution in [0.5, 0.6) is 0 Å². The molecule has 0 radical (unpaired) electrons. The minimum Gasteiger partial charge on any atom is -0.379 e. The summed E-state index contributed by atoms with van der Waals surface area (Å²) in [5.41, 5.74) is -2.90. The van der Waals surface area contributed by atoms with Crippen LogP contribution in [0.25, 0.3) is 11.0 Å². The minimum absolute atomic E-state index is 0.106. The van der Waals surface area contributed by atoms with Gasteiger partial charge in [0, 0.05) is 78.2 Å². The van der Waals surface area contributed by atoms with Crippen molar-refractivity contribution in [2.45, 2.75) is 64.3 Å². The van der Waals surface area contributed by atoms with Crippen molar-refractivity contribution < 1.29 is 35.9 Å². The number of halogens is 6. The zero-order chi connectivity index (χ0) is 36.4. The van der Waals surface area contributed by atoms with Gasteiger partial charge in [0.15, 0.2) is 0 Å². The fourth-order valence-electron chi connectivity index (χ4n) is 5.44. The Morgan fingerprint density at radius 3 is 2.30 bits per heavy atom. The van der Waals surface area contributed by atoms with Crippen molar-refractivity contribution in [3.05, 3.63) is 70.2 Å². The van der Waals surface area contributed by atoms with Crippen LogP contribution in [-0.4, -0.2) is 87.0 Å². The number of pyridine rings is 1. The lowest BCUT2D eigenvalue weighted by molar-refractivity contribution is -0.139. The number of fused-ring (bicyclic) bond motifs is 1. The van der Waals surface area contributed by atoms with Gasteiger partial charge in [0.05, 0.1) is 28.5 Å². The van der Waals surface area contributed by atoms with E-state index in [0.29, 0.717) is 22.3 Å². The van der Waals surface area contributed by atoms with Gasteiger partial charge in [-0.2, -0.15) is 31.4 Å². The van der Waals surface area contributed by atoms with E-state index in [4.69, 9.17) is 4.74 Å². The number of aromatic nitrogens is 6. The lowest BCUT2D eigenvalue weighted by atomic mass is 10.2. The molecule has 1 aliphatic heterocycles. The number of carbonyl (C=O) groups excluding carboxylic acids is 1. The number of rotatable bonds is 11. The van der Waals surface area contributed by atoms with Crippen molar-refractivity contribution in [1.82, 2.24) is 34.2 Å². The van der Waals surface area contributed by atoms with Gasteiger partial charge in [-0.15, -0.1) is 0 Å². The number of carbonyl (C=O) groups is 1. The summed E-state index contributed by atoms with van der Waals surface area (Å²) >= 11 is 0. The maximum absolute atomic E-state index is 14.1. The summed E-state index contributed by atoms with van der Waals surface area (Å²) in [5.74, 6) is -0.211. The smallest absolute Gasteiger partial charge is 0.379 e. The molecule has 1 atom stereocenters. The Morgan fingerprint density at radius 1 is 1.00 bits per heavy atom. The van der Waals surface area contributed by atoms with E-state index in [1.54, 1.807) is 39.6 Å². The highest BCUT2D eigenvalue weighted by atomic mass is 28.3. The number of hydrogen-bond donors (Lipinski definition) is 1. The first-order valence-corrected chi connectivity index (χ1v) is 19.5. The van der Waals surface area contributed by atoms with Gasteiger partial charge in [0.25, 0.3) is 11.5 Å². The van der Waals surface area contributed by atoms with Gasteiger partial charge in [-0.3, -0.25) is 14.6 Å². The van der Waals surface area contributed by atoms with Crippen molar-refractivity contribution in [2.75, 3.05) is 43.0 Å². The topological polar surface area (TPSA) is 123 Å². The molecule has 4 aromatic heterocycles. The first-order valence-electron chi connectivity index (χ1n) is 15.8. The fraction of sp³-hybridized carbons (Fsp3) is 0.484. The van der Waals surface area contributed by atoms with E-state index in [0.717, 1.165) is 24.6 Å². The Balaban J connectivity index is 1.28. The molecule has 0 bridgehead atoms. The summed E-state index contributed by atoms with van der Waals surface area (Å²) in [7, 11) is -1.44. The molecule has 5 rings (SSSR count). The molecule has 50 heavy (non-hydrogen) atoms. The maximum Gasteiger partial charge on any atom is 0.423 e. The predicted molar refractivity (Wildman–Crippen MR) is 176 cm³/mol. The number of piperazine rings is 1. The molecule has 5 heterocycles. The van der Waals surface area contributed by atoms with Crippen molar-refractivity contribution in [2.24, 2.45) is 0 Å². The van der Waals surface area contributed by atoms with Gasteiger partial charge >= 0.3 is 12.4 Å². The third-order valence-corrected chi connectivity index (χ3v) is 9.80. The van der Waals surface area contributed by atoms with Crippen LogP contribution < -0.4 is 15.8 Å². The van der Waals surface area contributed by atoms with Crippen molar-refractivity contribution in [1.29, 1.82) is 0 Å². The fourth-order valence-corrected chi connectivity index (χ4v) is 6.20. The quantitative estimate of drug-likeness (QED) is 0.126. The summed E-state index contributed by atoms with van der Waals surface area (Å²) in [5, 5.41) is 6.69. The molecule has 1 aliphatic rings. The summed E-state index contributed by atoms with van der Waals surface area (Å²) in [6.45, 7) is 9.07. The Kier molecular flexibility index (Phi) is 10.6. The van der Waals surface area contributed by atoms with E-state index in [1.807, 2.05) is 0 Å². The molecule has 0 unspecified atom stereocenters. The highest BCUT2D eigenvalue weighted by Crippen LogP contribution is 2.32. The highest BCUT2D eigenvalue weighted by Gasteiger charge is 2.39. The minimum atomic E-state index is -4.96. The van der Waals surface area contributed by atoms with Crippen molar-refractivity contribution >= 4 is 36.7 Å². The van der Waals surface area contributed by atoms with Crippen LogP contribution in [0.2, 0.25) is 25.7 Å². The zero-order valence-electron chi connectivity index (χ0n) is 27.8. The summed E-state index contributed by atoms with van der Waals surface area (Å²) in [4.78, 5) is 41.9. The molecule has 19 heteroatoms. The second-order valence-electron chi connectivity index (χ2n) is 13.2. The molecule has 0 saturated carbocycles. The molecule has 1 fully saturated rings. The van der Waals surface area contributed by atoms with E-state index in [1.165, 1.54) is 6.20 Å². The Labute approximate surface area is 284 Å². The summed E-state index contributed by atoms with van der Waals surface area (Å²) in [6, 6.07) is 3.52. The van der Waals surface area contributed by atoms with Gasteiger partial charge in [0.1, 0.15) is 17.8 Å². The predicted octanol–water partition coefficient (Wildman–Crippen LogP) is 5.20. The SMILES string of the molecule is C[C@@H](Cn1cc(C(=O)N2CCN(c3ncc(C(F)(F)F)cn3)CC2)c2ncccc21)Nc1cnn(COCC[Si](C)(C)C)c(=O)c1C(F)(F)F. The Bertz CT molecular complexity index is 1870. The summed E-state index contributed by atoms with van der Waals surface area (Å²) < 4.78 is 88.9. The zero-order valence-corrected chi connectivity index (χ0v) is 28.8. The number of nitrogens with one attached hydrogen (secondary N) is 1. The third-order valence-electron chi connectivity index (χ3n) is 8.09. The number of nitrogens with zero attached hydrogens (tertiary/aromatic N) is 8. The normalized spacial score (nSPS) is 15.1. The van der Waals surface area contributed by atoms with Crippen LogP contribution in [0.3, 0.4) is 0 Å². The molecule has 270 valence electrons. The molecular weight excluding hydrogens is 688 g/mol. The number of anilines is 2. The molecule has 4 aromatic rings. The lowest BCUT2D eigenvalue weighted by Crippen LogP contribution is -2.49. The number of alkyl halides is 6. The van der Waals surface area contributed by atoms with Gasteiger partial charge in [-0.1, -0.05) is 19.6 Å². The Hall–Kier alpha value is -4.52. The number of amides is 1. The van der Waals surface area contributed by atoms with Crippen LogP contribution in [0.4, 0.5) is 38.0 Å². The van der Waals surface area contributed by atoms with E-state index in [-0.39, 0.29) is 50.1 Å². The van der Waals surface area contributed by atoms with Crippen LogP contribution >= 0.6 is 0 Å². The van der Waals surface area contributed by atoms with Crippen molar-refractivity contribution in [3.63, 3.8) is 0 Å². The van der Waals surface area contributed by atoms with Gasteiger partial charge in [0.2, 0.25) is 5.95 Å². The Morgan fingerprint density at radius 2 is 1.68 bits per heavy atom. The standard InChI is InChI=1S/C31H37F6N9O3Si/c1-20(42-23-16-41-46(19-49-12-13-50(2,3)4)28(48)25(23)31(35,36)37)17-45-18-22(26-24(45)6-5-7-38-26)27(47)43-8-10-44(11-9-43)29-39-14-21(15-40-29)30(32,33)34/h5-7,14-16,18,20,42H,8-13,17,19H2,1-4H3/t20-/m0/s1. The second kappa shape index (κ2) is 14.4. The van der Waals surface area contributed by atoms with E-state index in [2.05, 4.69) is 45.0 Å². The molecule has 1 saturated heterocycles. The highest BCUT2D eigenvalue weighted by molar-refractivity contribution is 6.76. The van der Waals surface area contributed by atoms with E-state index >= 15 is 0 Å². The van der Waals surface area contributed by atoms with Crippen LogP contribution in [0.15, 0.2) is 47.9 Å². The lowest BCUT2D eigenvalue weighted by Gasteiger charge is -2.34. The second-order valence-corrected chi connectivity index (χ2v) is 18.9. The monoisotopic (exact) mass is 725 g/mol. The van der Waals surface area contributed by atoms with E-state index in [9.17, 15) is 35.9 Å². The van der Waals surface area contributed by atoms with Gasteiger partial charge in [-0.05, 0) is 25.1 Å². The van der Waals surface area contributed by atoms with E-state index < -0.39 is 55.6 Å².